The summed E-state index contributed by atoms with van der Waals surface area (Å²) >= 11 is 4.23. The quantitative estimate of drug-likeness (QED) is 0.751. The van der Waals surface area contributed by atoms with E-state index in [-0.39, 0.29) is 28.2 Å². The number of nitrogens with zero attached hydrogens (tertiary/aromatic N) is 1. The Bertz CT molecular complexity index is 865. The molecule has 0 bridgehead atoms. The number of imide groups is 1. The molecule has 1 fully saturated rings. The predicted molar refractivity (Wildman–Crippen MR) is 95.4 cm³/mol. The van der Waals surface area contributed by atoms with Gasteiger partial charge in [-0.15, -0.1) is 0 Å². The van der Waals surface area contributed by atoms with Gasteiger partial charge < -0.3 is 10.2 Å². The first-order chi connectivity index (χ1) is 11.5. The number of benzene rings is 2. The lowest BCUT2D eigenvalue weighted by Crippen LogP contribution is -2.27. The monoisotopic (exact) mass is 405 g/mol. The molecule has 0 radical (unpaired) electrons. The van der Waals surface area contributed by atoms with Crippen LogP contribution >= 0.6 is 27.7 Å². The summed E-state index contributed by atoms with van der Waals surface area (Å²) in [6.45, 7) is 0.172. The van der Waals surface area contributed by atoms with Gasteiger partial charge in [-0.1, -0.05) is 34.1 Å². The number of carbonyl (C=O) groups is 2. The maximum atomic E-state index is 12.5. The molecule has 2 N–H and O–H groups in total. The van der Waals surface area contributed by atoms with Crippen molar-refractivity contribution in [2.75, 3.05) is 0 Å². The number of amides is 2. The van der Waals surface area contributed by atoms with Crippen LogP contribution in [0.25, 0.3) is 6.08 Å². The van der Waals surface area contributed by atoms with Gasteiger partial charge in [0.15, 0.2) is 0 Å². The van der Waals surface area contributed by atoms with Crippen LogP contribution in [0.3, 0.4) is 0 Å². The topological polar surface area (TPSA) is 77.8 Å². The molecule has 5 nitrogen and oxygen atoms in total. The van der Waals surface area contributed by atoms with Crippen molar-refractivity contribution in [3.05, 3.63) is 63.0 Å². The van der Waals surface area contributed by atoms with Crippen molar-refractivity contribution >= 4 is 44.9 Å². The number of thioether (sulfide) groups is 1. The summed E-state index contributed by atoms with van der Waals surface area (Å²) in [5.74, 6) is -0.646. The number of phenols is 2. The Labute approximate surface area is 150 Å². The van der Waals surface area contributed by atoms with Crippen LogP contribution < -0.4 is 0 Å². The predicted octanol–water partition coefficient (Wildman–Crippen LogP) is 4.10. The van der Waals surface area contributed by atoms with Gasteiger partial charge in [0.25, 0.3) is 11.1 Å². The van der Waals surface area contributed by atoms with Gasteiger partial charge >= 0.3 is 0 Å². The minimum atomic E-state index is -0.409. The van der Waals surface area contributed by atoms with E-state index in [1.165, 1.54) is 24.3 Å². The van der Waals surface area contributed by atoms with Gasteiger partial charge in [-0.05, 0) is 41.6 Å². The number of hydrogen-bond donors (Lipinski definition) is 2. The van der Waals surface area contributed by atoms with Crippen LogP contribution in [0.1, 0.15) is 11.1 Å². The maximum Gasteiger partial charge on any atom is 0.293 e. The zero-order valence-electron chi connectivity index (χ0n) is 12.3. The molecule has 2 aromatic rings. The summed E-state index contributed by atoms with van der Waals surface area (Å²) in [6, 6.07) is 11.4. The fraction of sp³-hybridized carbons (Fsp3) is 0.0588. The average Bonchev–Trinajstić information content (AvgIpc) is 2.79. The lowest BCUT2D eigenvalue weighted by atomic mass is 10.1. The van der Waals surface area contributed by atoms with Crippen LogP contribution in [0.4, 0.5) is 4.79 Å². The van der Waals surface area contributed by atoms with Crippen molar-refractivity contribution in [2.24, 2.45) is 0 Å². The standard InChI is InChI=1S/C17H12BrNO4S/c18-13-4-2-1-3-11(13)9-19-16(22)15(24-17(19)23)7-10-5-6-12(20)8-14(10)21/h1-8,20-21H,9H2/b15-7-. The molecule has 0 spiro atoms. The molecule has 0 unspecified atom stereocenters. The van der Waals surface area contributed by atoms with Crippen molar-refractivity contribution in [1.29, 1.82) is 0 Å². The van der Waals surface area contributed by atoms with Crippen molar-refractivity contribution < 1.29 is 19.8 Å². The zero-order valence-corrected chi connectivity index (χ0v) is 14.7. The molecule has 1 aliphatic rings. The molecule has 0 aliphatic carbocycles. The van der Waals surface area contributed by atoms with Gasteiger partial charge in [0.05, 0.1) is 11.4 Å². The molecule has 2 aromatic carbocycles. The Kier molecular flexibility index (Phi) is 4.64. The SMILES string of the molecule is O=C1S/C(=C\c2ccc(O)cc2O)C(=O)N1Cc1ccccc1Br. The molecule has 2 amide bonds. The van der Waals surface area contributed by atoms with Gasteiger partial charge in [-0.2, -0.15) is 0 Å². The molecule has 0 saturated carbocycles. The van der Waals surface area contributed by atoms with E-state index in [1.54, 1.807) is 0 Å². The molecule has 122 valence electrons. The van der Waals surface area contributed by atoms with Gasteiger partial charge in [0, 0.05) is 16.1 Å². The van der Waals surface area contributed by atoms with Crippen molar-refractivity contribution in [3.63, 3.8) is 0 Å². The van der Waals surface area contributed by atoms with Crippen LogP contribution in [0.5, 0.6) is 11.5 Å². The third kappa shape index (κ3) is 3.32. The van der Waals surface area contributed by atoms with Crippen LogP contribution in [-0.2, 0) is 11.3 Å². The Morgan fingerprint density at radius 2 is 1.88 bits per heavy atom. The molecular formula is C17H12BrNO4S. The highest BCUT2D eigenvalue weighted by molar-refractivity contribution is 9.10. The third-order valence-electron chi connectivity index (χ3n) is 3.46. The van der Waals surface area contributed by atoms with Crippen LogP contribution in [0.2, 0.25) is 0 Å². The summed E-state index contributed by atoms with van der Waals surface area (Å²) in [5, 5.41) is 18.8. The minimum absolute atomic E-state index is 0.0771. The van der Waals surface area contributed by atoms with Gasteiger partial charge in [-0.25, -0.2) is 0 Å². The fourth-order valence-electron chi connectivity index (χ4n) is 2.23. The molecule has 24 heavy (non-hydrogen) atoms. The summed E-state index contributed by atoms with van der Waals surface area (Å²) in [7, 11) is 0. The molecule has 1 heterocycles. The summed E-state index contributed by atoms with van der Waals surface area (Å²) in [6.07, 6.45) is 1.44. The van der Waals surface area contributed by atoms with E-state index in [0.29, 0.717) is 5.56 Å². The second-order valence-electron chi connectivity index (χ2n) is 5.10. The summed E-state index contributed by atoms with van der Waals surface area (Å²) in [5.41, 5.74) is 1.19. The number of halogens is 1. The first-order valence-corrected chi connectivity index (χ1v) is 8.57. The van der Waals surface area contributed by atoms with E-state index < -0.39 is 5.91 Å². The van der Waals surface area contributed by atoms with Gasteiger partial charge in [0.2, 0.25) is 0 Å². The largest absolute Gasteiger partial charge is 0.508 e. The van der Waals surface area contributed by atoms with Crippen molar-refractivity contribution in [1.82, 2.24) is 4.90 Å². The minimum Gasteiger partial charge on any atom is -0.508 e. The number of carbonyl (C=O) groups excluding carboxylic acids is 2. The van der Waals surface area contributed by atoms with Crippen LogP contribution in [0, 0.1) is 0 Å². The highest BCUT2D eigenvalue weighted by Crippen LogP contribution is 2.35. The Morgan fingerprint density at radius 1 is 1.12 bits per heavy atom. The fourth-order valence-corrected chi connectivity index (χ4v) is 3.47. The van der Waals surface area contributed by atoms with Crippen LogP contribution in [-0.4, -0.2) is 26.3 Å². The van der Waals surface area contributed by atoms with Crippen molar-refractivity contribution in [3.8, 4) is 11.5 Å². The van der Waals surface area contributed by atoms with E-state index in [2.05, 4.69) is 15.9 Å². The Hall–Kier alpha value is -2.25. The normalized spacial score (nSPS) is 16.2. The molecule has 3 rings (SSSR count). The van der Waals surface area contributed by atoms with E-state index in [4.69, 9.17) is 0 Å². The molecule has 1 aliphatic heterocycles. The lowest BCUT2D eigenvalue weighted by Gasteiger charge is -2.13. The maximum absolute atomic E-state index is 12.5. The number of rotatable bonds is 3. The first-order valence-electron chi connectivity index (χ1n) is 6.96. The molecule has 0 aromatic heterocycles. The zero-order chi connectivity index (χ0) is 17.3. The van der Waals surface area contributed by atoms with Crippen molar-refractivity contribution in [2.45, 2.75) is 6.54 Å². The average molecular weight is 406 g/mol. The smallest absolute Gasteiger partial charge is 0.293 e. The second kappa shape index (κ2) is 6.70. The summed E-state index contributed by atoms with van der Waals surface area (Å²) < 4.78 is 0.823. The lowest BCUT2D eigenvalue weighted by molar-refractivity contribution is -0.123. The number of hydrogen-bond acceptors (Lipinski definition) is 5. The van der Waals surface area contributed by atoms with Crippen LogP contribution in [0.15, 0.2) is 51.8 Å². The van der Waals surface area contributed by atoms with Gasteiger partial charge in [0.1, 0.15) is 11.5 Å². The van der Waals surface area contributed by atoms with Gasteiger partial charge in [-0.3, -0.25) is 14.5 Å². The highest BCUT2D eigenvalue weighted by Gasteiger charge is 2.35. The Balaban J connectivity index is 1.86. The molecule has 0 atom stereocenters. The molecule has 7 heteroatoms. The second-order valence-corrected chi connectivity index (χ2v) is 6.95. The van der Waals surface area contributed by atoms with E-state index in [1.807, 2.05) is 24.3 Å². The Morgan fingerprint density at radius 3 is 2.58 bits per heavy atom. The molecule has 1 saturated heterocycles. The van der Waals surface area contributed by atoms with E-state index >= 15 is 0 Å². The summed E-state index contributed by atoms with van der Waals surface area (Å²) in [4.78, 5) is 26.0. The molecular weight excluding hydrogens is 394 g/mol. The van der Waals surface area contributed by atoms with E-state index in [0.717, 1.165) is 26.7 Å². The number of aromatic hydroxyl groups is 2. The number of phenolic OH excluding ortho intramolecular Hbond substituents is 2. The highest BCUT2D eigenvalue weighted by atomic mass is 79.9. The van der Waals surface area contributed by atoms with E-state index in [9.17, 15) is 19.8 Å². The third-order valence-corrected chi connectivity index (χ3v) is 5.14. The first kappa shape index (κ1) is 16.6.